The number of benzene rings is 3. The minimum atomic E-state index is 0.0219. The van der Waals surface area contributed by atoms with Crippen LogP contribution < -0.4 is 14.8 Å². The molecule has 0 amide bonds. The first-order chi connectivity index (χ1) is 15.4. The van der Waals surface area contributed by atoms with Crippen LogP contribution >= 0.6 is 22.9 Å². The molecule has 32 heavy (non-hydrogen) atoms. The number of aromatic nitrogens is 1. The van der Waals surface area contributed by atoms with Crippen LogP contribution in [0.4, 0.5) is 5.69 Å². The zero-order valence-corrected chi connectivity index (χ0v) is 20.3. The summed E-state index contributed by atoms with van der Waals surface area (Å²) in [6.45, 7) is 9.18. The van der Waals surface area contributed by atoms with Crippen molar-refractivity contribution in [1.29, 1.82) is 0 Å². The van der Waals surface area contributed by atoms with Gasteiger partial charge in [0.05, 0.1) is 28.0 Å². The summed E-state index contributed by atoms with van der Waals surface area (Å²) in [5.41, 5.74) is 5.47. The van der Waals surface area contributed by atoms with Gasteiger partial charge in [-0.15, -0.1) is 11.3 Å². The minimum Gasteiger partial charge on any atom is -0.490 e. The van der Waals surface area contributed by atoms with Gasteiger partial charge in [0, 0.05) is 17.8 Å². The molecule has 0 unspecified atom stereocenters. The highest BCUT2D eigenvalue weighted by atomic mass is 35.5. The Kier molecular flexibility index (Phi) is 6.87. The van der Waals surface area contributed by atoms with Gasteiger partial charge in [0.25, 0.3) is 0 Å². The van der Waals surface area contributed by atoms with Gasteiger partial charge in [-0.2, -0.15) is 0 Å². The maximum absolute atomic E-state index is 6.49. The molecule has 0 spiro atoms. The highest BCUT2D eigenvalue weighted by Gasteiger charge is 2.14. The van der Waals surface area contributed by atoms with Crippen molar-refractivity contribution >= 4 is 38.8 Å². The highest BCUT2D eigenvalue weighted by molar-refractivity contribution is 7.21. The molecule has 0 radical (unpaired) electrons. The van der Waals surface area contributed by atoms with Crippen molar-refractivity contribution < 1.29 is 9.47 Å². The van der Waals surface area contributed by atoms with Gasteiger partial charge in [-0.05, 0) is 87.4 Å². The summed E-state index contributed by atoms with van der Waals surface area (Å²) in [6.07, 6.45) is 0.0219. The number of ether oxygens (including phenoxy) is 2. The molecule has 3 aromatic carbocycles. The summed E-state index contributed by atoms with van der Waals surface area (Å²) in [4.78, 5) is 4.77. The minimum absolute atomic E-state index is 0.0219. The van der Waals surface area contributed by atoms with E-state index in [-0.39, 0.29) is 6.10 Å². The van der Waals surface area contributed by atoms with Crippen molar-refractivity contribution in [3.8, 4) is 22.1 Å². The largest absolute Gasteiger partial charge is 0.490 e. The van der Waals surface area contributed by atoms with E-state index >= 15 is 0 Å². The Hall–Kier alpha value is -2.76. The molecule has 1 aromatic heterocycles. The van der Waals surface area contributed by atoms with Crippen LogP contribution in [-0.2, 0) is 6.54 Å². The molecule has 0 aliphatic heterocycles. The predicted molar refractivity (Wildman–Crippen MR) is 136 cm³/mol. The van der Waals surface area contributed by atoms with Crippen molar-refractivity contribution in [1.82, 2.24) is 4.98 Å². The van der Waals surface area contributed by atoms with E-state index in [4.69, 9.17) is 26.1 Å². The van der Waals surface area contributed by atoms with E-state index in [2.05, 4.69) is 54.7 Å². The molecule has 166 valence electrons. The van der Waals surface area contributed by atoms with Crippen molar-refractivity contribution in [3.63, 3.8) is 0 Å². The maximum Gasteiger partial charge on any atom is 0.180 e. The van der Waals surface area contributed by atoms with Gasteiger partial charge in [-0.3, -0.25) is 0 Å². The summed E-state index contributed by atoms with van der Waals surface area (Å²) >= 11 is 8.21. The topological polar surface area (TPSA) is 43.4 Å². The molecule has 0 aliphatic carbocycles. The molecular formula is C26H27ClN2O2S. The molecule has 0 saturated heterocycles. The third-order valence-corrected chi connectivity index (χ3v) is 6.24. The van der Waals surface area contributed by atoms with Crippen LogP contribution in [0.2, 0.25) is 5.02 Å². The van der Waals surface area contributed by atoms with E-state index in [1.165, 1.54) is 10.3 Å². The van der Waals surface area contributed by atoms with Crippen LogP contribution in [0.1, 0.15) is 31.9 Å². The second-order valence-electron chi connectivity index (χ2n) is 7.93. The molecule has 0 aliphatic rings. The van der Waals surface area contributed by atoms with Crippen LogP contribution in [0, 0.1) is 6.92 Å². The average Bonchev–Trinajstić information content (AvgIpc) is 3.18. The van der Waals surface area contributed by atoms with Crippen LogP contribution in [0.5, 0.6) is 11.5 Å². The second-order valence-corrected chi connectivity index (χ2v) is 9.36. The Labute approximate surface area is 198 Å². The molecule has 0 bridgehead atoms. The fourth-order valence-electron chi connectivity index (χ4n) is 3.43. The van der Waals surface area contributed by atoms with E-state index in [0.717, 1.165) is 27.3 Å². The zero-order valence-electron chi connectivity index (χ0n) is 18.7. The standard InChI is InChI=1S/C26H27ClN2O2S/c1-5-30-23-14-18(13-21(27)25(23)31-16(2)3)15-28-20-9-7-19(8-10-20)26-29-22-11-6-17(4)12-24(22)32-26/h6-14,16,28H,5,15H2,1-4H3. The average molecular weight is 467 g/mol. The van der Waals surface area contributed by atoms with Crippen LogP contribution in [-0.4, -0.2) is 17.7 Å². The smallest absolute Gasteiger partial charge is 0.180 e. The fourth-order valence-corrected chi connectivity index (χ4v) is 4.77. The van der Waals surface area contributed by atoms with Crippen LogP contribution in [0.3, 0.4) is 0 Å². The van der Waals surface area contributed by atoms with Gasteiger partial charge in [0.1, 0.15) is 5.01 Å². The predicted octanol–water partition coefficient (Wildman–Crippen LogP) is 7.72. The number of hydrogen-bond donors (Lipinski definition) is 1. The van der Waals surface area contributed by atoms with E-state index < -0.39 is 0 Å². The van der Waals surface area contributed by atoms with Crippen LogP contribution in [0.15, 0.2) is 54.6 Å². The number of nitrogens with one attached hydrogen (secondary N) is 1. The molecule has 6 heteroatoms. The van der Waals surface area contributed by atoms with Crippen molar-refractivity contribution in [3.05, 3.63) is 70.7 Å². The first-order valence-corrected chi connectivity index (χ1v) is 12.0. The molecule has 0 fully saturated rings. The number of nitrogens with zero attached hydrogens (tertiary/aromatic N) is 1. The SMILES string of the molecule is CCOc1cc(CNc2ccc(-c3nc4ccc(C)cc4s3)cc2)cc(Cl)c1OC(C)C. The lowest BCUT2D eigenvalue weighted by molar-refractivity contribution is 0.224. The van der Waals surface area contributed by atoms with Gasteiger partial charge in [0.2, 0.25) is 0 Å². The van der Waals surface area contributed by atoms with Gasteiger partial charge in [-0.25, -0.2) is 4.98 Å². The van der Waals surface area contributed by atoms with Gasteiger partial charge in [0.15, 0.2) is 11.5 Å². The molecule has 4 rings (SSSR count). The fraction of sp³-hybridized carbons (Fsp3) is 0.269. The van der Waals surface area contributed by atoms with Crippen LogP contribution in [0.25, 0.3) is 20.8 Å². The van der Waals surface area contributed by atoms with Crippen molar-refractivity contribution in [2.24, 2.45) is 0 Å². The molecule has 4 nitrogen and oxygen atoms in total. The Morgan fingerprint density at radius 3 is 2.56 bits per heavy atom. The summed E-state index contributed by atoms with van der Waals surface area (Å²) in [5, 5.41) is 5.05. The van der Waals surface area contributed by atoms with E-state index in [1.807, 2.05) is 32.9 Å². The number of hydrogen-bond acceptors (Lipinski definition) is 5. The lowest BCUT2D eigenvalue weighted by Crippen LogP contribution is -2.09. The first-order valence-electron chi connectivity index (χ1n) is 10.8. The molecule has 1 N–H and O–H groups in total. The normalized spacial score (nSPS) is 11.2. The third-order valence-electron chi connectivity index (χ3n) is 4.90. The van der Waals surface area contributed by atoms with Gasteiger partial charge < -0.3 is 14.8 Å². The number of fused-ring (bicyclic) bond motifs is 1. The number of rotatable bonds is 8. The number of aryl methyl sites for hydroxylation is 1. The lowest BCUT2D eigenvalue weighted by Gasteiger charge is -2.17. The summed E-state index contributed by atoms with van der Waals surface area (Å²) in [5.74, 6) is 1.27. The van der Waals surface area contributed by atoms with Gasteiger partial charge >= 0.3 is 0 Å². The van der Waals surface area contributed by atoms with E-state index in [1.54, 1.807) is 11.3 Å². The Bertz CT molecular complexity index is 1220. The molecule has 1 heterocycles. The first kappa shape index (κ1) is 22.4. The number of anilines is 1. The summed E-state index contributed by atoms with van der Waals surface area (Å²) < 4.78 is 12.8. The third kappa shape index (κ3) is 5.17. The molecule has 4 aromatic rings. The lowest BCUT2D eigenvalue weighted by atomic mass is 10.1. The second kappa shape index (κ2) is 9.80. The Balaban J connectivity index is 1.48. The van der Waals surface area contributed by atoms with E-state index in [0.29, 0.717) is 29.7 Å². The zero-order chi connectivity index (χ0) is 22.7. The molecule has 0 atom stereocenters. The number of thiazole rings is 1. The number of halogens is 1. The Morgan fingerprint density at radius 1 is 1.06 bits per heavy atom. The monoisotopic (exact) mass is 466 g/mol. The molecule has 0 saturated carbocycles. The van der Waals surface area contributed by atoms with Gasteiger partial charge in [-0.1, -0.05) is 17.7 Å². The highest BCUT2D eigenvalue weighted by Crippen LogP contribution is 2.38. The summed E-state index contributed by atoms with van der Waals surface area (Å²) in [7, 11) is 0. The maximum atomic E-state index is 6.49. The van der Waals surface area contributed by atoms with Crippen molar-refractivity contribution in [2.45, 2.75) is 40.3 Å². The quantitative estimate of drug-likeness (QED) is 0.288. The summed E-state index contributed by atoms with van der Waals surface area (Å²) in [6, 6.07) is 18.6. The Morgan fingerprint density at radius 2 is 1.84 bits per heavy atom. The van der Waals surface area contributed by atoms with Crippen molar-refractivity contribution in [2.75, 3.05) is 11.9 Å². The molecular weight excluding hydrogens is 440 g/mol. The van der Waals surface area contributed by atoms with E-state index in [9.17, 15) is 0 Å².